The molecule has 0 heterocycles. The average Bonchev–Trinajstić information content (AvgIpc) is 2.72. The Morgan fingerprint density at radius 2 is 1.70 bits per heavy atom. The van der Waals surface area contributed by atoms with Crippen molar-refractivity contribution in [3.63, 3.8) is 0 Å². The number of nitrogens with one attached hydrogen (secondary N) is 2. The van der Waals surface area contributed by atoms with Crippen LogP contribution in [0, 0.1) is 5.82 Å². The molecule has 0 aliphatic rings. The summed E-state index contributed by atoms with van der Waals surface area (Å²) in [4.78, 5) is 4.63. The van der Waals surface area contributed by atoms with Crippen molar-refractivity contribution < 1.29 is 18.6 Å². The molecule has 0 spiro atoms. The van der Waals surface area contributed by atoms with Gasteiger partial charge in [0.25, 0.3) is 0 Å². The molecule has 0 atom stereocenters. The van der Waals surface area contributed by atoms with Crippen LogP contribution in [0.5, 0.6) is 17.2 Å². The Balaban J connectivity index is 0.00000450. The van der Waals surface area contributed by atoms with Crippen molar-refractivity contribution in [2.24, 2.45) is 4.99 Å². The lowest BCUT2D eigenvalue weighted by Gasteiger charge is -2.15. The molecule has 2 aromatic rings. The van der Waals surface area contributed by atoms with Gasteiger partial charge in [0.15, 0.2) is 17.5 Å². The van der Waals surface area contributed by atoms with Crippen LogP contribution >= 0.6 is 24.0 Å². The van der Waals surface area contributed by atoms with Crippen molar-refractivity contribution in [1.29, 1.82) is 0 Å². The maximum atomic E-state index is 13.3. The highest BCUT2D eigenvalue weighted by Gasteiger charge is 2.13. The SMILES string of the molecule is CCNC(=NCc1cc(OC)c(OCC)c(OC)c1)NCCc1cccc(F)c1.I. The maximum Gasteiger partial charge on any atom is 0.203 e. The fourth-order valence-electron chi connectivity index (χ4n) is 2.84. The van der Waals surface area contributed by atoms with E-state index in [1.807, 2.05) is 32.0 Å². The van der Waals surface area contributed by atoms with Gasteiger partial charge in [0, 0.05) is 13.1 Å². The van der Waals surface area contributed by atoms with Gasteiger partial charge in [-0.15, -0.1) is 24.0 Å². The molecule has 0 bridgehead atoms. The number of aliphatic imine (C=N–C) groups is 1. The van der Waals surface area contributed by atoms with Crippen molar-refractivity contribution in [3.8, 4) is 17.2 Å². The predicted molar refractivity (Wildman–Crippen MR) is 129 cm³/mol. The van der Waals surface area contributed by atoms with E-state index in [1.165, 1.54) is 6.07 Å². The Labute approximate surface area is 195 Å². The van der Waals surface area contributed by atoms with Gasteiger partial charge in [-0.1, -0.05) is 12.1 Å². The molecule has 166 valence electrons. The minimum Gasteiger partial charge on any atom is -0.493 e. The molecule has 2 rings (SSSR count). The minimum absolute atomic E-state index is 0. The van der Waals surface area contributed by atoms with E-state index >= 15 is 0 Å². The van der Waals surface area contributed by atoms with Crippen LogP contribution in [0.15, 0.2) is 41.4 Å². The number of halogens is 2. The molecule has 2 aromatic carbocycles. The van der Waals surface area contributed by atoms with Crippen LogP contribution in [0.3, 0.4) is 0 Å². The van der Waals surface area contributed by atoms with Gasteiger partial charge in [0.1, 0.15) is 5.82 Å². The third-order valence-electron chi connectivity index (χ3n) is 4.17. The molecule has 0 radical (unpaired) electrons. The Hall–Kier alpha value is -2.23. The number of guanidine groups is 1. The Bertz CT molecular complexity index is 793. The van der Waals surface area contributed by atoms with Gasteiger partial charge >= 0.3 is 0 Å². The van der Waals surface area contributed by atoms with Crippen LogP contribution in [0.1, 0.15) is 25.0 Å². The van der Waals surface area contributed by atoms with Crippen LogP contribution in [0.2, 0.25) is 0 Å². The summed E-state index contributed by atoms with van der Waals surface area (Å²) in [7, 11) is 3.20. The number of hydrogen-bond acceptors (Lipinski definition) is 4. The van der Waals surface area contributed by atoms with Crippen LogP contribution in [0.4, 0.5) is 4.39 Å². The maximum absolute atomic E-state index is 13.3. The summed E-state index contributed by atoms with van der Waals surface area (Å²) >= 11 is 0. The van der Waals surface area contributed by atoms with E-state index in [4.69, 9.17) is 14.2 Å². The van der Waals surface area contributed by atoms with Crippen molar-refractivity contribution in [3.05, 3.63) is 53.3 Å². The van der Waals surface area contributed by atoms with E-state index in [9.17, 15) is 4.39 Å². The van der Waals surface area contributed by atoms with Gasteiger partial charge in [-0.25, -0.2) is 9.38 Å². The van der Waals surface area contributed by atoms with Crippen LogP contribution < -0.4 is 24.8 Å². The first-order valence-corrected chi connectivity index (χ1v) is 9.75. The predicted octanol–water partition coefficient (Wildman–Crippen LogP) is 4.16. The van der Waals surface area contributed by atoms with Crippen LogP contribution in [-0.2, 0) is 13.0 Å². The standard InChI is InChI=1S/C22H30FN3O3.HI/c1-5-24-22(25-11-10-16-8-7-9-18(23)12-16)26-15-17-13-19(27-3)21(29-6-2)20(14-17)28-4;/h7-9,12-14H,5-6,10-11,15H2,1-4H3,(H2,24,25,26);1H. The zero-order chi connectivity index (χ0) is 21.1. The lowest BCUT2D eigenvalue weighted by molar-refractivity contribution is 0.288. The molecule has 0 saturated heterocycles. The van der Waals surface area contributed by atoms with Crippen molar-refractivity contribution >= 4 is 29.9 Å². The van der Waals surface area contributed by atoms with Gasteiger partial charge in [0.2, 0.25) is 5.75 Å². The summed E-state index contributed by atoms with van der Waals surface area (Å²) in [6, 6.07) is 10.4. The lowest BCUT2D eigenvalue weighted by atomic mass is 10.1. The quantitative estimate of drug-likeness (QED) is 0.274. The molecular weight excluding hydrogens is 500 g/mol. The van der Waals surface area contributed by atoms with Gasteiger partial charge < -0.3 is 24.8 Å². The van der Waals surface area contributed by atoms with Gasteiger partial charge in [-0.2, -0.15) is 0 Å². The van der Waals surface area contributed by atoms with E-state index < -0.39 is 0 Å². The summed E-state index contributed by atoms with van der Waals surface area (Å²) < 4.78 is 29.8. The molecule has 0 aromatic heterocycles. The zero-order valence-electron chi connectivity index (χ0n) is 18.0. The van der Waals surface area contributed by atoms with E-state index in [0.29, 0.717) is 49.3 Å². The molecule has 0 saturated carbocycles. The fourth-order valence-corrected chi connectivity index (χ4v) is 2.84. The number of rotatable bonds is 10. The number of ether oxygens (including phenoxy) is 3. The molecule has 0 fully saturated rings. The average molecular weight is 531 g/mol. The van der Waals surface area contributed by atoms with Gasteiger partial charge in [-0.05, 0) is 55.7 Å². The highest BCUT2D eigenvalue weighted by Crippen LogP contribution is 2.38. The molecule has 8 heteroatoms. The Morgan fingerprint density at radius 1 is 1.00 bits per heavy atom. The molecule has 2 N–H and O–H groups in total. The smallest absolute Gasteiger partial charge is 0.203 e. The second-order valence-corrected chi connectivity index (χ2v) is 6.26. The van der Waals surface area contributed by atoms with Gasteiger partial charge in [-0.3, -0.25) is 0 Å². The lowest BCUT2D eigenvalue weighted by Crippen LogP contribution is -2.38. The monoisotopic (exact) mass is 531 g/mol. The number of nitrogens with zero attached hydrogens (tertiary/aromatic N) is 1. The highest BCUT2D eigenvalue weighted by molar-refractivity contribution is 14.0. The van der Waals surface area contributed by atoms with Crippen LogP contribution in [0.25, 0.3) is 0 Å². The number of benzene rings is 2. The molecule has 0 aliphatic heterocycles. The van der Waals surface area contributed by atoms with Crippen molar-refractivity contribution in [1.82, 2.24) is 10.6 Å². The molecule has 0 unspecified atom stereocenters. The van der Waals surface area contributed by atoms with E-state index in [1.54, 1.807) is 26.4 Å². The van der Waals surface area contributed by atoms with Crippen LogP contribution in [-0.4, -0.2) is 39.9 Å². The van der Waals surface area contributed by atoms with Gasteiger partial charge in [0.05, 0.1) is 27.4 Å². The Kier molecular flexibility index (Phi) is 12.0. The summed E-state index contributed by atoms with van der Waals surface area (Å²) in [5.41, 5.74) is 1.87. The zero-order valence-corrected chi connectivity index (χ0v) is 20.3. The molecule has 0 amide bonds. The summed E-state index contributed by atoms with van der Waals surface area (Å²) in [6.07, 6.45) is 0.701. The molecule has 30 heavy (non-hydrogen) atoms. The fraction of sp³-hybridized carbons (Fsp3) is 0.409. The first-order valence-electron chi connectivity index (χ1n) is 9.75. The summed E-state index contributed by atoms with van der Waals surface area (Å²) in [5, 5.41) is 6.49. The summed E-state index contributed by atoms with van der Waals surface area (Å²) in [6.45, 7) is 6.26. The third kappa shape index (κ3) is 7.89. The molecular formula is C22H31FIN3O3. The second kappa shape index (κ2) is 13.9. The number of methoxy groups -OCH3 is 2. The molecule has 0 aliphatic carbocycles. The molecule has 6 nitrogen and oxygen atoms in total. The van der Waals surface area contributed by atoms with Crippen molar-refractivity contribution in [2.45, 2.75) is 26.8 Å². The summed E-state index contributed by atoms with van der Waals surface area (Å²) in [5.74, 6) is 2.28. The minimum atomic E-state index is -0.221. The largest absolute Gasteiger partial charge is 0.493 e. The first-order chi connectivity index (χ1) is 14.1. The Morgan fingerprint density at radius 3 is 2.27 bits per heavy atom. The van der Waals surface area contributed by atoms with Crippen molar-refractivity contribution in [2.75, 3.05) is 33.9 Å². The first kappa shape index (κ1) is 25.8. The van der Waals surface area contributed by atoms with E-state index in [0.717, 1.165) is 17.7 Å². The topological polar surface area (TPSA) is 64.1 Å². The van der Waals surface area contributed by atoms with E-state index in [2.05, 4.69) is 15.6 Å². The second-order valence-electron chi connectivity index (χ2n) is 6.26. The van der Waals surface area contributed by atoms with E-state index in [-0.39, 0.29) is 29.8 Å². The normalized spacial score (nSPS) is 10.8. The third-order valence-corrected chi connectivity index (χ3v) is 4.17. The highest BCUT2D eigenvalue weighted by atomic mass is 127. The number of hydrogen-bond donors (Lipinski definition) is 2.